The van der Waals surface area contributed by atoms with E-state index in [1.807, 2.05) is 6.92 Å². The highest BCUT2D eigenvalue weighted by Crippen LogP contribution is 2.31. The van der Waals surface area contributed by atoms with Gasteiger partial charge in [0.2, 0.25) is 5.91 Å². The van der Waals surface area contributed by atoms with E-state index in [0.29, 0.717) is 36.6 Å². The van der Waals surface area contributed by atoms with Crippen molar-refractivity contribution in [1.82, 2.24) is 0 Å². The zero-order valence-electron chi connectivity index (χ0n) is 17.2. The van der Waals surface area contributed by atoms with Crippen LogP contribution in [0.25, 0.3) is 0 Å². The van der Waals surface area contributed by atoms with Gasteiger partial charge in [0.25, 0.3) is 10.0 Å². The molecular formula is C22H26N2O6S. The second kappa shape index (κ2) is 9.82. The van der Waals surface area contributed by atoms with Crippen LogP contribution in [0.4, 0.5) is 11.4 Å². The van der Waals surface area contributed by atoms with Crippen molar-refractivity contribution in [3.05, 3.63) is 48.5 Å². The van der Waals surface area contributed by atoms with Gasteiger partial charge in [0, 0.05) is 11.4 Å². The third-order valence-corrected chi connectivity index (χ3v) is 6.67. The maximum Gasteiger partial charge on any atom is 0.307 e. The number of carboxylic acid groups (broad SMARTS) is 1. The number of aliphatic carboxylic acids is 1. The summed E-state index contributed by atoms with van der Waals surface area (Å²) >= 11 is 0. The van der Waals surface area contributed by atoms with Crippen molar-refractivity contribution in [3.63, 3.8) is 0 Å². The summed E-state index contributed by atoms with van der Waals surface area (Å²) in [5.74, 6) is -1.94. The van der Waals surface area contributed by atoms with E-state index in [1.54, 1.807) is 24.3 Å². The molecule has 2 aromatic carbocycles. The van der Waals surface area contributed by atoms with Crippen molar-refractivity contribution < 1.29 is 27.9 Å². The van der Waals surface area contributed by atoms with Crippen LogP contribution in [-0.2, 0) is 19.6 Å². The summed E-state index contributed by atoms with van der Waals surface area (Å²) in [5, 5.41) is 12.1. The average molecular weight is 447 g/mol. The Morgan fingerprint density at radius 3 is 2.13 bits per heavy atom. The van der Waals surface area contributed by atoms with Crippen molar-refractivity contribution in [2.75, 3.05) is 16.6 Å². The van der Waals surface area contributed by atoms with Crippen molar-refractivity contribution in [3.8, 4) is 5.75 Å². The Morgan fingerprint density at radius 2 is 1.55 bits per heavy atom. The van der Waals surface area contributed by atoms with Gasteiger partial charge in [-0.15, -0.1) is 0 Å². The van der Waals surface area contributed by atoms with Crippen LogP contribution in [0, 0.1) is 11.8 Å². The van der Waals surface area contributed by atoms with Gasteiger partial charge < -0.3 is 15.2 Å². The van der Waals surface area contributed by atoms with Crippen LogP contribution in [-0.4, -0.2) is 32.0 Å². The lowest BCUT2D eigenvalue weighted by Crippen LogP contribution is -2.36. The van der Waals surface area contributed by atoms with Gasteiger partial charge in [-0.1, -0.05) is 12.8 Å². The monoisotopic (exact) mass is 446 g/mol. The summed E-state index contributed by atoms with van der Waals surface area (Å²) in [6.45, 7) is 2.38. The van der Waals surface area contributed by atoms with Gasteiger partial charge in [0.1, 0.15) is 5.75 Å². The molecule has 0 heterocycles. The number of rotatable bonds is 8. The second-order valence-corrected chi connectivity index (χ2v) is 9.09. The number of carbonyl (C=O) groups is 2. The van der Waals surface area contributed by atoms with Crippen molar-refractivity contribution in [2.24, 2.45) is 11.8 Å². The van der Waals surface area contributed by atoms with Crippen molar-refractivity contribution >= 4 is 33.3 Å². The molecule has 0 spiro atoms. The van der Waals surface area contributed by atoms with Crippen molar-refractivity contribution in [1.29, 1.82) is 0 Å². The van der Waals surface area contributed by atoms with E-state index < -0.39 is 27.8 Å². The molecule has 0 aliphatic heterocycles. The SMILES string of the molecule is CCOc1ccc(NS(=O)(=O)c2ccc(NC(=O)[C@H]3CCCC[C@H]3C(=O)O)cc2)cc1. The smallest absolute Gasteiger partial charge is 0.307 e. The molecular weight excluding hydrogens is 420 g/mol. The number of amides is 1. The highest BCUT2D eigenvalue weighted by Gasteiger charge is 2.35. The Hall–Kier alpha value is -3.07. The quantitative estimate of drug-likeness (QED) is 0.568. The second-order valence-electron chi connectivity index (χ2n) is 7.41. The molecule has 9 heteroatoms. The Balaban J connectivity index is 1.66. The number of hydrogen-bond donors (Lipinski definition) is 3. The molecule has 0 bridgehead atoms. The van der Waals surface area contributed by atoms with E-state index in [9.17, 15) is 23.1 Å². The molecule has 2 atom stereocenters. The number of carbonyl (C=O) groups excluding carboxylic acids is 1. The molecule has 3 N–H and O–H groups in total. The number of anilines is 2. The van der Waals surface area contributed by atoms with E-state index in [1.165, 1.54) is 24.3 Å². The van der Waals surface area contributed by atoms with Crippen LogP contribution in [0.2, 0.25) is 0 Å². The van der Waals surface area contributed by atoms with E-state index in [2.05, 4.69) is 10.0 Å². The zero-order valence-corrected chi connectivity index (χ0v) is 18.0. The van der Waals surface area contributed by atoms with Crippen LogP contribution in [0.3, 0.4) is 0 Å². The molecule has 31 heavy (non-hydrogen) atoms. The third kappa shape index (κ3) is 5.75. The largest absolute Gasteiger partial charge is 0.494 e. The van der Waals surface area contributed by atoms with E-state index in [-0.39, 0.29) is 10.8 Å². The minimum Gasteiger partial charge on any atom is -0.494 e. The topological polar surface area (TPSA) is 122 Å². The summed E-state index contributed by atoms with van der Waals surface area (Å²) < 4.78 is 33.1. The van der Waals surface area contributed by atoms with Gasteiger partial charge in [-0.25, -0.2) is 8.42 Å². The summed E-state index contributed by atoms with van der Waals surface area (Å²) in [6, 6.07) is 12.3. The van der Waals surface area contributed by atoms with Crippen LogP contribution in [0.15, 0.2) is 53.4 Å². The molecule has 1 fully saturated rings. The molecule has 0 unspecified atom stereocenters. The molecule has 1 aliphatic carbocycles. The summed E-state index contributed by atoms with van der Waals surface area (Å²) in [7, 11) is -3.81. The molecule has 1 saturated carbocycles. The number of carboxylic acids is 1. The van der Waals surface area contributed by atoms with Gasteiger partial charge in [-0.3, -0.25) is 14.3 Å². The number of hydrogen-bond acceptors (Lipinski definition) is 5. The molecule has 166 valence electrons. The van der Waals surface area contributed by atoms with Gasteiger partial charge >= 0.3 is 5.97 Å². The number of nitrogens with one attached hydrogen (secondary N) is 2. The first-order valence-electron chi connectivity index (χ1n) is 10.2. The molecule has 0 radical (unpaired) electrons. The van der Waals surface area contributed by atoms with Crippen LogP contribution in [0.5, 0.6) is 5.75 Å². The van der Waals surface area contributed by atoms with Crippen LogP contribution < -0.4 is 14.8 Å². The lowest BCUT2D eigenvalue weighted by atomic mass is 9.78. The lowest BCUT2D eigenvalue weighted by molar-refractivity contribution is -0.147. The molecule has 0 aromatic heterocycles. The zero-order chi connectivity index (χ0) is 22.4. The average Bonchev–Trinajstić information content (AvgIpc) is 2.75. The molecule has 3 rings (SSSR count). The summed E-state index contributed by atoms with van der Waals surface area (Å²) in [4.78, 5) is 24.0. The van der Waals surface area contributed by atoms with Crippen molar-refractivity contribution in [2.45, 2.75) is 37.5 Å². The lowest BCUT2D eigenvalue weighted by Gasteiger charge is -2.27. The Kier molecular flexibility index (Phi) is 7.17. The predicted octanol–water partition coefficient (Wildman–Crippen LogP) is 3.72. The minimum absolute atomic E-state index is 0.0421. The standard InChI is InChI=1S/C22H26N2O6S/c1-2-30-17-11-7-16(8-12-17)24-31(28,29)18-13-9-15(10-14-18)23-21(25)19-5-3-4-6-20(19)22(26)27/h7-14,19-20,24H,2-6H2,1H3,(H,23,25)(H,26,27)/t19-,20+/m0/s1. The minimum atomic E-state index is -3.81. The highest BCUT2D eigenvalue weighted by atomic mass is 32.2. The molecule has 0 saturated heterocycles. The first-order valence-corrected chi connectivity index (χ1v) is 11.7. The van der Waals surface area contributed by atoms with Gasteiger partial charge in [-0.05, 0) is 68.3 Å². The molecule has 1 amide bonds. The predicted molar refractivity (Wildman–Crippen MR) is 117 cm³/mol. The fraction of sp³-hybridized carbons (Fsp3) is 0.364. The number of ether oxygens (including phenoxy) is 1. The van der Waals surface area contributed by atoms with Gasteiger partial charge in [0.05, 0.1) is 23.3 Å². The maximum absolute atomic E-state index is 12.6. The molecule has 8 nitrogen and oxygen atoms in total. The number of benzene rings is 2. The Bertz CT molecular complexity index is 1020. The maximum atomic E-state index is 12.6. The fourth-order valence-electron chi connectivity index (χ4n) is 3.69. The van der Waals surface area contributed by atoms with Gasteiger partial charge in [0.15, 0.2) is 0 Å². The normalized spacial score (nSPS) is 18.7. The molecule has 1 aliphatic rings. The Labute approximate surface area is 181 Å². The van der Waals surface area contributed by atoms with E-state index in [0.717, 1.165) is 12.8 Å². The number of sulfonamides is 1. The van der Waals surface area contributed by atoms with E-state index in [4.69, 9.17) is 4.74 Å². The highest BCUT2D eigenvalue weighted by molar-refractivity contribution is 7.92. The third-order valence-electron chi connectivity index (χ3n) is 5.27. The van der Waals surface area contributed by atoms with Gasteiger partial charge in [-0.2, -0.15) is 0 Å². The van der Waals surface area contributed by atoms with Crippen LogP contribution >= 0.6 is 0 Å². The van der Waals surface area contributed by atoms with Crippen LogP contribution in [0.1, 0.15) is 32.6 Å². The fourth-order valence-corrected chi connectivity index (χ4v) is 4.75. The first kappa shape index (κ1) is 22.6. The Morgan fingerprint density at radius 1 is 0.968 bits per heavy atom. The van der Waals surface area contributed by atoms with E-state index >= 15 is 0 Å². The first-order chi connectivity index (χ1) is 14.8. The molecule has 2 aromatic rings. The summed E-state index contributed by atoms with van der Waals surface area (Å²) in [6.07, 6.45) is 2.63. The summed E-state index contributed by atoms with van der Waals surface area (Å²) in [5.41, 5.74) is 0.817.